The predicted molar refractivity (Wildman–Crippen MR) is 98.1 cm³/mol. The Labute approximate surface area is 151 Å². The molecule has 7 heteroatoms. The predicted octanol–water partition coefficient (Wildman–Crippen LogP) is 3.26. The Bertz CT molecular complexity index is 862. The van der Waals surface area contributed by atoms with E-state index in [9.17, 15) is 9.50 Å². The lowest BCUT2D eigenvalue weighted by Crippen LogP contribution is -2.15. The third-order valence-corrected chi connectivity index (χ3v) is 3.66. The summed E-state index contributed by atoms with van der Waals surface area (Å²) in [5.41, 5.74) is 2.26. The zero-order valence-corrected chi connectivity index (χ0v) is 14.7. The molecule has 0 unspecified atom stereocenters. The Hall–Kier alpha value is -2.93. The molecule has 1 heterocycles. The molecule has 0 bridgehead atoms. The van der Waals surface area contributed by atoms with E-state index < -0.39 is 6.10 Å². The first-order valence-electron chi connectivity index (χ1n) is 8.45. The van der Waals surface area contributed by atoms with Crippen LogP contribution in [-0.4, -0.2) is 39.1 Å². The molecule has 3 aromatic rings. The average molecular weight is 356 g/mol. The number of aliphatic hydroxyl groups is 1. The minimum absolute atomic E-state index is 0.239. The maximum absolute atomic E-state index is 13.6. The number of nitrogens with one attached hydrogen (secondary N) is 1. The lowest BCUT2D eigenvalue weighted by Gasteiger charge is -2.10. The molecule has 1 atom stereocenters. The van der Waals surface area contributed by atoms with Crippen molar-refractivity contribution in [2.45, 2.75) is 20.0 Å². The molecule has 0 aliphatic heterocycles. The topological polar surface area (TPSA) is 72.2 Å². The number of ether oxygens (including phenoxy) is 1. The largest absolute Gasteiger partial charge is 0.463 e. The van der Waals surface area contributed by atoms with Gasteiger partial charge < -0.3 is 15.2 Å². The van der Waals surface area contributed by atoms with Crippen LogP contribution in [0.2, 0.25) is 0 Å². The molecule has 0 fully saturated rings. The molecule has 26 heavy (non-hydrogen) atoms. The normalized spacial score (nSPS) is 12.0. The molecule has 2 N–H and O–H groups in total. The molecule has 0 radical (unpaired) electrons. The lowest BCUT2D eigenvalue weighted by atomic mass is 10.2. The van der Waals surface area contributed by atoms with Crippen LogP contribution in [-0.2, 0) is 0 Å². The first-order chi connectivity index (χ1) is 12.6. The van der Waals surface area contributed by atoms with Crippen LogP contribution in [0.5, 0.6) is 6.01 Å². The van der Waals surface area contributed by atoms with Gasteiger partial charge in [-0.15, -0.1) is 5.10 Å². The van der Waals surface area contributed by atoms with Crippen molar-refractivity contribution in [3.05, 3.63) is 54.3 Å². The third kappa shape index (κ3) is 4.18. The number of anilines is 1. The Morgan fingerprint density at radius 1 is 1.23 bits per heavy atom. The summed E-state index contributed by atoms with van der Waals surface area (Å²) >= 11 is 0. The van der Waals surface area contributed by atoms with Crippen LogP contribution >= 0.6 is 0 Å². The zero-order chi connectivity index (χ0) is 18.5. The van der Waals surface area contributed by atoms with E-state index in [0.717, 1.165) is 11.4 Å². The van der Waals surface area contributed by atoms with E-state index in [0.29, 0.717) is 24.5 Å². The molecule has 136 valence electrons. The molecular weight excluding hydrogens is 335 g/mol. The Kier molecular flexibility index (Phi) is 5.48. The molecular formula is C19H21FN4O2. The maximum atomic E-state index is 13.6. The van der Waals surface area contributed by atoms with E-state index in [2.05, 4.69) is 15.4 Å². The second-order valence-electron chi connectivity index (χ2n) is 5.85. The monoisotopic (exact) mass is 356 g/mol. The molecule has 6 nitrogen and oxygen atoms in total. The van der Waals surface area contributed by atoms with Crippen molar-refractivity contribution in [2.75, 3.05) is 18.5 Å². The van der Waals surface area contributed by atoms with Gasteiger partial charge in [0.05, 0.1) is 18.4 Å². The van der Waals surface area contributed by atoms with Crippen LogP contribution in [0.4, 0.5) is 10.1 Å². The van der Waals surface area contributed by atoms with Crippen LogP contribution < -0.4 is 10.1 Å². The van der Waals surface area contributed by atoms with Crippen LogP contribution in [0, 0.1) is 5.82 Å². The van der Waals surface area contributed by atoms with Crippen molar-refractivity contribution < 1.29 is 14.2 Å². The van der Waals surface area contributed by atoms with Crippen molar-refractivity contribution in [3.8, 4) is 23.1 Å². The number of aliphatic hydroxyl groups excluding tert-OH is 1. The molecule has 0 aliphatic carbocycles. The number of nitrogens with zero attached hydrogens (tertiary/aromatic N) is 3. The summed E-state index contributed by atoms with van der Waals surface area (Å²) in [6.45, 7) is 4.48. The van der Waals surface area contributed by atoms with E-state index in [4.69, 9.17) is 4.74 Å². The molecule has 1 aromatic heterocycles. The van der Waals surface area contributed by atoms with Gasteiger partial charge in [0, 0.05) is 17.8 Å². The van der Waals surface area contributed by atoms with E-state index in [1.54, 1.807) is 23.7 Å². The fourth-order valence-corrected chi connectivity index (χ4v) is 2.46. The highest BCUT2D eigenvalue weighted by molar-refractivity contribution is 5.59. The minimum Gasteiger partial charge on any atom is -0.463 e. The molecule has 2 aromatic carbocycles. The second-order valence-corrected chi connectivity index (χ2v) is 5.85. The van der Waals surface area contributed by atoms with Gasteiger partial charge in [-0.2, -0.15) is 4.98 Å². The van der Waals surface area contributed by atoms with Gasteiger partial charge >= 0.3 is 6.01 Å². The molecule has 0 amide bonds. The number of aromatic nitrogens is 3. The maximum Gasteiger partial charge on any atom is 0.336 e. The number of halogens is 1. The Morgan fingerprint density at radius 2 is 2.00 bits per heavy atom. The van der Waals surface area contributed by atoms with Crippen LogP contribution in [0.3, 0.4) is 0 Å². The van der Waals surface area contributed by atoms with Gasteiger partial charge in [-0.05, 0) is 50.2 Å². The average Bonchev–Trinajstić information content (AvgIpc) is 3.05. The fraction of sp³-hybridized carbons (Fsp3) is 0.263. The van der Waals surface area contributed by atoms with Crippen LogP contribution in [0.1, 0.15) is 13.8 Å². The number of hydrogen-bond donors (Lipinski definition) is 2. The summed E-state index contributed by atoms with van der Waals surface area (Å²) in [5, 5.41) is 16.9. The Morgan fingerprint density at radius 3 is 2.65 bits per heavy atom. The first kappa shape index (κ1) is 17.9. The van der Waals surface area contributed by atoms with E-state index >= 15 is 0 Å². The fourth-order valence-electron chi connectivity index (χ4n) is 2.46. The van der Waals surface area contributed by atoms with Gasteiger partial charge in [0.2, 0.25) is 0 Å². The highest BCUT2D eigenvalue weighted by atomic mass is 19.1. The lowest BCUT2D eigenvalue weighted by molar-refractivity contribution is 0.208. The highest BCUT2D eigenvalue weighted by Crippen LogP contribution is 2.25. The molecule has 0 aliphatic rings. The van der Waals surface area contributed by atoms with Crippen molar-refractivity contribution in [1.82, 2.24) is 14.8 Å². The molecule has 3 rings (SSSR count). The zero-order valence-electron chi connectivity index (χ0n) is 14.7. The quantitative estimate of drug-likeness (QED) is 0.680. The third-order valence-electron chi connectivity index (χ3n) is 3.66. The van der Waals surface area contributed by atoms with Gasteiger partial charge in [0.25, 0.3) is 0 Å². The molecule has 0 saturated heterocycles. The summed E-state index contributed by atoms with van der Waals surface area (Å²) in [7, 11) is 0. The smallest absolute Gasteiger partial charge is 0.336 e. The number of benzene rings is 2. The summed E-state index contributed by atoms with van der Waals surface area (Å²) in [6.07, 6.45) is -0.432. The number of rotatable bonds is 7. The summed E-state index contributed by atoms with van der Waals surface area (Å²) in [5.74, 6) is 0.158. The summed E-state index contributed by atoms with van der Waals surface area (Å²) in [6, 6.07) is 14.0. The van der Waals surface area contributed by atoms with Crippen molar-refractivity contribution in [2.24, 2.45) is 0 Å². The standard InChI is InChI=1S/C19H21FN4O2/c1-3-26-19-22-18(14-5-4-6-15(20)11-14)24(23-19)17-9-7-16(8-10-17)21-12-13(2)25/h4-11,13,21,25H,3,12H2,1-2H3/t13-/m0/s1. The number of hydrogen-bond acceptors (Lipinski definition) is 5. The van der Waals surface area contributed by atoms with E-state index in [1.807, 2.05) is 31.2 Å². The SMILES string of the molecule is CCOc1nc(-c2cccc(F)c2)n(-c2ccc(NC[C@H](C)O)cc2)n1. The minimum atomic E-state index is -0.432. The van der Waals surface area contributed by atoms with Gasteiger partial charge in [0.1, 0.15) is 5.82 Å². The Balaban J connectivity index is 1.95. The first-order valence-corrected chi connectivity index (χ1v) is 8.45. The van der Waals surface area contributed by atoms with Crippen LogP contribution in [0.25, 0.3) is 17.1 Å². The van der Waals surface area contributed by atoms with Gasteiger partial charge in [-0.25, -0.2) is 9.07 Å². The van der Waals surface area contributed by atoms with Crippen molar-refractivity contribution in [1.29, 1.82) is 0 Å². The van der Waals surface area contributed by atoms with Crippen molar-refractivity contribution >= 4 is 5.69 Å². The second kappa shape index (κ2) is 7.97. The van der Waals surface area contributed by atoms with Gasteiger partial charge in [-0.1, -0.05) is 12.1 Å². The van der Waals surface area contributed by atoms with E-state index in [1.165, 1.54) is 12.1 Å². The molecule has 0 spiro atoms. The molecule has 0 saturated carbocycles. The summed E-state index contributed by atoms with van der Waals surface area (Å²) < 4.78 is 20.7. The van der Waals surface area contributed by atoms with Gasteiger partial charge in [-0.3, -0.25) is 0 Å². The van der Waals surface area contributed by atoms with Crippen molar-refractivity contribution in [3.63, 3.8) is 0 Å². The highest BCUT2D eigenvalue weighted by Gasteiger charge is 2.15. The van der Waals surface area contributed by atoms with Gasteiger partial charge in [0.15, 0.2) is 5.82 Å². The summed E-state index contributed by atoms with van der Waals surface area (Å²) in [4.78, 5) is 4.38. The van der Waals surface area contributed by atoms with Crippen LogP contribution in [0.15, 0.2) is 48.5 Å². The van der Waals surface area contributed by atoms with E-state index in [-0.39, 0.29) is 11.8 Å².